The first-order valence-electron chi connectivity index (χ1n) is 8.15. The zero-order valence-corrected chi connectivity index (χ0v) is 13.5. The molecule has 2 heterocycles. The van der Waals surface area contributed by atoms with Crippen molar-refractivity contribution in [1.29, 1.82) is 0 Å². The predicted octanol–water partition coefficient (Wildman–Crippen LogP) is 2.12. The van der Waals surface area contributed by atoms with Crippen LogP contribution in [0, 0.1) is 5.82 Å². The summed E-state index contributed by atoms with van der Waals surface area (Å²) in [6.07, 6.45) is 3.53. The predicted molar refractivity (Wildman–Crippen MR) is 85.7 cm³/mol. The van der Waals surface area contributed by atoms with Gasteiger partial charge in [-0.15, -0.1) is 0 Å². The largest absolute Gasteiger partial charge is 0.379 e. The van der Waals surface area contributed by atoms with Gasteiger partial charge < -0.3 is 4.74 Å². The van der Waals surface area contributed by atoms with E-state index in [2.05, 4.69) is 21.9 Å². The summed E-state index contributed by atoms with van der Waals surface area (Å²) in [6, 6.07) is 7.04. The summed E-state index contributed by atoms with van der Waals surface area (Å²) in [4.78, 5) is 6.84. The number of hydrogen-bond acceptors (Lipinski definition) is 4. The van der Waals surface area contributed by atoms with Crippen molar-refractivity contribution in [3.63, 3.8) is 0 Å². The fourth-order valence-corrected chi connectivity index (χ4v) is 2.92. The van der Waals surface area contributed by atoms with E-state index < -0.39 is 0 Å². The Morgan fingerprint density at radius 2 is 1.96 bits per heavy atom. The zero-order valence-electron chi connectivity index (χ0n) is 13.5. The van der Waals surface area contributed by atoms with Crippen LogP contribution < -0.4 is 0 Å². The van der Waals surface area contributed by atoms with Gasteiger partial charge in [0.2, 0.25) is 0 Å². The lowest BCUT2D eigenvalue weighted by molar-refractivity contribution is 0.0186. The standard InChI is InChI=1S/C17H23FN4O/c1-14(21-8-10-23-11-9-21)2-7-17-19-13-20-22(17)12-15-3-5-16(18)6-4-15/h3-6,13-14H,2,7-12H2,1H3. The molecule has 124 valence electrons. The van der Waals surface area contributed by atoms with E-state index in [1.54, 1.807) is 18.5 Å². The quantitative estimate of drug-likeness (QED) is 0.818. The highest BCUT2D eigenvalue weighted by molar-refractivity contribution is 5.16. The Balaban J connectivity index is 1.56. The van der Waals surface area contributed by atoms with E-state index in [-0.39, 0.29) is 5.82 Å². The van der Waals surface area contributed by atoms with Crippen LogP contribution in [0.5, 0.6) is 0 Å². The van der Waals surface area contributed by atoms with Gasteiger partial charge >= 0.3 is 0 Å². The third-order valence-corrected chi connectivity index (χ3v) is 4.40. The monoisotopic (exact) mass is 318 g/mol. The SMILES string of the molecule is CC(CCc1ncnn1Cc1ccc(F)cc1)N1CCOCC1. The Morgan fingerprint density at radius 1 is 1.22 bits per heavy atom. The Hall–Kier alpha value is -1.79. The molecule has 5 nitrogen and oxygen atoms in total. The molecule has 0 N–H and O–H groups in total. The summed E-state index contributed by atoms with van der Waals surface area (Å²) in [5.74, 6) is 0.765. The molecule has 0 amide bonds. The second kappa shape index (κ2) is 7.66. The third kappa shape index (κ3) is 4.36. The first-order valence-corrected chi connectivity index (χ1v) is 8.15. The second-order valence-electron chi connectivity index (χ2n) is 6.00. The van der Waals surface area contributed by atoms with Gasteiger partial charge in [0.25, 0.3) is 0 Å². The first-order chi connectivity index (χ1) is 11.2. The van der Waals surface area contributed by atoms with E-state index in [9.17, 15) is 4.39 Å². The van der Waals surface area contributed by atoms with Crippen LogP contribution in [0.2, 0.25) is 0 Å². The molecular weight excluding hydrogens is 295 g/mol. The summed E-state index contributed by atoms with van der Waals surface area (Å²) in [7, 11) is 0. The fraction of sp³-hybridized carbons (Fsp3) is 0.529. The molecule has 6 heteroatoms. The normalized spacial score (nSPS) is 17.3. The van der Waals surface area contributed by atoms with Crippen molar-refractivity contribution in [3.05, 3.63) is 47.8 Å². The fourth-order valence-electron chi connectivity index (χ4n) is 2.92. The van der Waals surface area contributed by atoms with Crippen LogP contribution >= 0.6 is 0 Å². The number of nitrogens with zero attached hydrogens (tertiary/aromatic N) is 4. The maximum absolute atomic E-state index is 13.0. The highest BCUT2D eigenvalue weighted by atomic mass is 19.1. The minimum Gasteiger partial charge on any atom is -0.379 e. The average Bonchev–Trinajstić information content (AvgIpc) is 3.02. The van der Waals surface area contributed by atoms with E-state index in [0.717, 1.165) is 50.5 Å². The third-order valence-electron chi connectivity index (χ3n) is 4.40. The molecule has 1 aromatic carbocycles. The zero-order chi connectivity index (χ0) is 16.1. The number of morpholine rings is 1. The molecule has 0 radical (unpaired) electrons. The summed E-state index contributed by atoms with van der Waals surface area (Å²) in [6.45, 7) is 6.54. The summed E-state index contributed by atoms with van der Waals surface area (Å²) in [5, 5.41) is 4.30. The molecule has 1 aromatic heterocycles. The molecule has 1 atom stereocenters. The Labute approximate surface area is 136 Å². The van der Waals surface area contributed by atoms with Gasteiger partial charge in [0.1, 0.15) is 18.0 Å². The smallest absolute Gasteiger partial charge is 0.138 e. The van der Waals surface area contributed by atoms with Crippen molar-refractivity contribution in [2.75, 3.05) is 26.3 Å². The number of halogens is 1. The van der Waals surface area contributed by atoms with Crippen LogP contribution in [0.3, 0.4) is 0 Å². The van der Waals surface area contributed by atoms with E-state index in [4.69, 9.17) is 4.74 Å². The average molecular weight is 318 g/mol. The number of ether oxygens (including phenoxy) is 1. The van der Waals surface area contributed by atoms with E-state index >= 15 is 0 Å². The Bertz CT molecular complexity index is 607. The van der Waals surface area contributed by atoms with Gasteiger partial charge in [0.15, 0.2) is 0 Å². The van der Waals surface area contributed by atoms with Crippen LogP contribution in [0.4, 0.5) is 4.39 Å². The van der Waals surface area contributed by atoms with Gasteiger partial charge in [-0.25, -0.2) is 14.1 Å². The lowest BCUT2D eigenvalue weighted by atomic mass is 10.1. The molecule has 23 heavy (non-hydrogen) atoms. The van der Waals surface area contributed by atoms with Gasteiger partial charge in [-0.3, -0.25) is 4.90 Å². The highest BCUT2D eigenvalue weighted by Crippen LogP contribution is 2.12. The molecular formula is C17H23FN4O. The summed E-state index contributed by atoms with van der Waals surface area (Å²) in [5.41, 5.74) is 1.03. The number of aryl methyl sites for hydroxylation is 1. The highest BCUT2D eigenvalue weighted by Gasteiger charge is 2.17. The molecule has 1 saturated heterocycles. The van der Waals surface area contributed by atoms with Crippen molar-refractivity contribution in [3.8, 4) is 0 Å². The Morgan fingerprint density at radius 3 is 2.70 bits per heavy atom. The van der Waals surface area contributed by atoms with E-state index in [1.807, 2.05) is 4.68 Å². The minimum atomic E-state index is -0.216. The van der Waals surface area contributed by atoms with Gasteiger partial charge in [-0.1, -0.05) is 12.1 Å². The maximum Gasteiger partial charge on any atom is 0.138 e. The number of rotatable bonds is 6. The molecule has 0 bridgehead atoms. The van der Waals surface area contributed by atoms with Crippen LogP contribution in [0.1, 0.15) is 24.7 Å². The molecule has 0 aliphatic carbocycles. The molecule has 2 aromatic rings. The van der Waals surface area contributed by atoms with Crippen LogP contribution in [0.25, 0.3) is 0 Å². The lowest BCUT2D eigenvalue weighted by Gasteiger charge is -2.32. The van der Waals surface area contributed by atoms with Crippen LogP contribution in [-0.4, -0.2) is 52.0 Å². The van der Waals surface area contributed by atoms with Crippen molar-refractivity contribution in [2.45, 2.75) is 32.4 Å². The summed E-state index contributed by atoms with van der Waals surface area (Å²) >= 11 is 0. The van der Waals surface area contributed by atoms with E-state index in [1.165, 1.54) is 12.1 Å². The van der Waals surface area contributed by atoms with Gasteiger partial charge in [0.05, 0.1) is 19.8 Å². The molecule has 0 spiro atoms. The molecule has 3 rings (SSSR count). The first kappa shape index (κ1) is 16.1. The lowest BCUT2D eigenvalue weighted by Crippen LogP contribution is -2.42. The van der Waals surface area contributed by atoms with Gasteiger partial charge in [0, 0.05) is 25.6 Å². The molecule has 1 unspecified atom stereocenters. The van der Waals surface area contributed by atoms with Crippen LogP contribution in [-0.2, 0) is 17.7 Å². The second-order valence-corrected chi connectivity index (χ2v) is 6.00. The molecule has 1 fully saturated rings. The number of hydrogen-bond donors (Lipinski definition) is 0. The minimum absolute atomic E-state index is 0.216. The van der Waals surface area contributed by atoms with Crippen molar-refractivity contribution in [2.24, 2.45) is 0 Å². The molecule has 1 aliphatic rings. The topological polar surface area (TPSA) is 43.2 Å². The number of aromatic nitrogens is 3. The van der Waals surface area contributed by atoms with Crippen LogP contribution in [0.15, 0.2) is 30.6 Å². The van der Waals surface area contributed by atoms with Crippen molar-refractivity contribution >= 4 is 0 Å². The molecule has 0 saturated carbocycles. The number of benzene rings is 1. The van der Waals surface area contributed by atoms with E-state index in [0.29, 0.717) is 12.6 Å². The van der Waals surface area contributed by atoms with Crippen molar-refractivity contribution < 1.29 is 9.13 Å². The molecule has 1 aliphatic heterocycles. The Kier molecular flexibility index (Phi) is 5.35. The van der Waals surface area contributed by atoms with Gasteiger partial charge in [-0.05, 0) is 31.0 Å². The maximum atomic E-state index is 13.0. The van der Waals surface area contributed by atoms with Gasteiger partial charge in [-0.2, -0.15) is 5.10 Å². The summed E-state index contributed by atoms with van der Waals surface area (Å²) < 4.78 is 20.3. The van der Waals surface area contributed by atoms with Crippen molar-refractivity contribution in [1.82, 2.24) is 19.7 Å².